The van der Waals surface area contributed by atoms with Crippen molar-refractivity contribution in [2.45, 2.75) is 38.5 Å². The van der Waals surface area contributed by atoms with Crippen molar-refractivity contribution in [3.05, 3.63) is 6.92 Å². The van der Waals surface area contributed by atoms with Crippen LogP contribution in [0.3, 0.4) is 0 Å². The van der Waals surface area contributed by atoms with Gasteiger partial charge in [-0.1, -0.05) is 13.3 Å². The van der Waals surface area contributed by atoms with E-state index < -0.39 is 0 Å². The summed E-state index contributed by atoms with van der Waals surface area (Å²) >= 11 is 0. The van der Waals surface area contributed by atoms with Gasteiger partial charge in [-0.25, -0.2) is 0 Å². The highest BCUT2D eigenvalue weighted by atomic mass is 16.5. The molecule has 0 fully saturated rings. The van der Waals surface area contributed by atoms with Crippen molar-refractivity contribution >= 4 is 5.97 Å². The maximum Gasteiger partial charge on any atom is 0.305 e. The van der Waals surface area contributed by atoms with E-state index in [9.17, 15) is 4.79 Å². The monoisotopic (exact) mass is 181 g/mol. The minimum atomic E-state index is -0.153. The van der Waals surface area contributed by atoms with Crippen LogP contribution in [-0.2, 0) is 9.53 Å². The van der Waals surface area contributed by atoms with Crippen LogP contribution in [-0.4, -0.2) is 13.1 Å². The fourth-order valence-corrected chi connectivity index (χ4v) is 0.813. The van der Waals surface area contributed by atoms with Crippen molar-refractivity contribution in [2.24, 2.45) is 0 Å². The van der Waals surface area contributed by atoms with Crippen LogP contribution in [0, 0.1) is 18.8 Å². The van der Waals surface area contributed by atoms with Crippen molar-refractivity contribution in [3.63, 3.8) is 0 Å². The van der Waals surface area contributed by atoms with E-state index in [1.807, 2.05) is 0 Å². The predicted molar refractivity (Wildman–Crippen MR) is 52.9 cm³/mol. The summed E-state index contributed by atoms with van der Waals surface area (Å²) < 4.78 is 4.50. The summed E-state index contributed by atoms with van der Waals surface area (Å²) in [5.41, 5.74) is 0. The Labute approximate surface area is 80.7 Å². The van der Waals surface area contributed by atoms with E-state index in [4.69, 9.17) is 0 Å². The highest BCUT2D eigenvalue weighted by molar-refractivity contribution is 5.69. The number of methoxy groups -OCH3 is 1. The summed E-state index contributed by atoms with van der Waals surface area (Å²) in [5.74, 6) is 5.90. The average Bonchev–Trinajstić information content (AvgIpc) is 2.16. The molecule has 0 saturated heterocycles. The molecule has 0 spiro atoms. The van der Waals surface area contributed by atoms with Crippen LogP contribution >= 0.6 is 0 Å². The molecule has 0 aliphatic rings. The maximum atomic E-state index is 10.7. The zero-order valence-electron chi connectivity index (χ0n) is 8.27. The number of carbonyl (C=O) groups is 1. The number of carbonyl (C=O) groups excluding carboxylic acids is 1. The molecule has 0 unspecified atom stereocenters. The molecule has 0 aliphatic carbocycles. The van der Waals surface area contributed by atoms with Crippen molar-refractivity contribution < 1.29 is 9.53 Å². The molecule has 0 aromatic carbocycles. The molecule has 0 amide bonds. The zero-order valence-corrected chi connectivity index (χ0v) is 8.27. The van der Waals surface area contributed by atoms with Gasteiger partial charge in [0.15, 0.2) is 0 Å². The fraction of sp³-hybridized carbons (Fsp3) is 0.636. The smallest absolute Gasteiger partial charge is 0.305 e. The maximum absolute atomic E-state index is 10.7. The molecule has 0 aromatic rings. The number of unbranched alkanes of at least 4 members (excludes halogenated alkanes) is 3. The lowest BCUT2D eigenvalue weighted by atomic mass is 10.2. The van der Waals surface area contributed by atoms with E-state index in [2.05, 4.69) is 23.5 Å². The third-order valence-electron chi connectivity index (χ3n) is 1.59. The molecule has 0 N–H and O–H groups in total. The first-order valence-corrected chi connectivity index (χ1v) is 4.63. The quantitative estimate of drug-likeness (QED) is 0.369. The van der Waals surface area contributed by atoms with E-state index in [-0.39, 0.29) is 5.97 Å². The molecule has 0 bridgehead atoms. The minimum absolute atomic E-state index is 0.153. The van der Waals surface area contributed by atoms with Crippen molar-refractivity contribution in [1.82, 2.24) is 0 Å². The van der Waals surface area contributed by atoms with Gasteiger partial charge in [-0.3, -0.25) is 4.79 Å². The van der Waals surface area contributed by atoms with Crippen LogP contribution in [0.4, 0.5) is 0 Å². The standard InChI is InChI=1S/C11H17O2/c1-3-4-5-6-7-8-9-10-11(12)13-2/h1,3-5,8-10H2,2H3. The molecule has 2 heteroatoms. The number of rotatable bonds is 5. The Hall–Kier alpha value is -0.970. The second-order valence-corrected chi connectivity index (χ2v) is 2.74. The highest BCUT2D eigenvalue weighted by Gasteiger charge is 1.96. The molecule has 13 heavy (non-hydrogen) atoms. The van der Waals surface area contributed by atoms with Crippen molar-refractivity contribution in [1.29, 1.82) is 0 Å². The van der Waals surface area contributed by atoms with Gasteiger partial charge in [0.05, 0.1) is 7.11 Å². The lowest BCUT2D eigenvalue weighted by Crippen LogP contribution is -1.98. The van der Waals surface area contributed by atoms with Crippen molar-refractivity contribution in [2.75, 3.05) is 7.11 Å². The summed E-state index contributed by atoms with van der Waals surface area (Å²) in [5, 5.41) is 0. The normalized spacial score (nSPS) is 8.77. The summed E-state index contributed by atoms with van der Waals surface area (Å²) in [6.45, 7) is 3.72. The van der Waals surface area contributed by atoms with Gasteiger partial charge in [-0.15, -0.1) is 11.8 Å². The lowest BCUT2D eigenvalue weighted by Gasteiger charge is -1.94. The second-order valence-electron chi connectivity index (χ2n) is 2.74. The summed E-state index contributed by atoms with van der Waals surface area (Å²) in [7, 11) is 1.41. The molecule has 0 atom stereocenters. The van der Waals surface area contributed by atoms with Gasteiger partial charge in [0.2, 0.25) is 0 Å². The number of hydrogen-bond acceptors (Lipinski definition) is 2. The van der Waals surface area contributed by atoms with E-state index in [1.54, 1.807) is 0 Å². The van der Waals surface area contributed by atoms with E-state index in [1.165, 1.54) is 7.11 Å². The second kappa shape index (κ2) is 9.12. The van der Waals surface area contributed by atoms with Crippen LogP contribution < -0.4 is 0 Å². The first kappa shape index (κ1) is 12.0. The van der Waals surface area contributed by atoms with Crippen LogP contribution in [0.25, 0.3) is 0 Å². The SMILES string of the molecule is [CH2]CCCC#CCCCC(=O)OC. The van der Waals surface area contributed by atoms with Gasteiger partial charge in [0, 0.05) is 19.3 Å². The Bertz CT molecular complexity index is 186. The minimum Gasteiger partial charge on any atom is -0.469 e. The Kier molecular flexibility index (Phi) is 8.44. The van der Waals surface area contributed by atoms with Crippen molar-refractivity contribution in [3.8, 4) is 11.8 Å². The van der Waals surface area contributed by atoms with Gasteiger partial charge < -0.3 is 4.74 Å². The molecule has 0 heterocycles. The van der Waals surface area contributed by atoms with Gasteiger partial charge in [0.1, 0.15) is 0 Å². The Balaban J connectivity index is 3.22. The van der Waals surface area contributed by atoms with Gasteiger partial charge in [0.25, 0.3) is 0 Å². The summed E-state index contributed by atoms with van der Waals surface area (Å²) in [6, 6.07) is 0. The molecule has 0 rings (SSSR count). The lowest BCUT2D eigenvalue weighted by molar-refractivity contribution is -0.140. The molecule has 0 aliphatic heterocycles. The van der Waals surface area contributed by atoms with Gasteiger partial charge in [-0.05, 0) is 12.8 Å². The Morgan fingerprint density at radius 3 is 2.46 bits per heavy atom. The molecule has 2 nitrogen and oxygen atoms in total. The predicted octanol–water partition coefficient (Wildman–Crippen LogP) is 2.34. The third kappa shape index (κ3) is 8.94. The summed E-state index contributed by atoms with van der Waals surface area (Å²) in [6.07, 6.45) is 4.97. The van der Waals surface area contributed by atoms with E-state index in [0.717, 1.165) is 32.1 Å². The molecule has 0 aromatic heterocycles. The summed E-state index contributed by atoms with van der Waals surface area (Å²) in [4.78, 5) is 10.7. The number of hydrogen-bond donors (Lipinski definition) is 0. The van der Waals surface area contributed by atoms with Gasteiger partial charge in [-0.2, -0.15) is 0 Å². The van der Waals surface area contributed by atoms with Crippen LogP contribution in [0.5, 0.6) is 0 Å². The van der Waals surface area contributed by atoms with E-state index >= 15 is 0 Å². The van der Waals surface area contributed by atoms with Gasteiger partial charge >= 0.3 is 5.97 Å². The molecule has 1 radical (unpaired) electrons. The van der Waals surface area contributed by atoms with E-state index in [0.29, 0.717) is 6.42 Å². The fourth-order valence-electron chi connectivity index (χ4n) is 0.813. The average molecular weight is 181 g/mol. The Morgan fingerprint density at radius 1 is 1.31 bits per heavy atom. The highest BCUT2D eigenvalue weighted by Crippen LogP contribution is 1.96. The topological polar surface area (TPSA) is 26.3 Å². The molecule has 73 valence electrons. The van der Waals surface area contributed by atoms with Crippen LogP contribution in [0.15, 0.2) is 0 Å². The largest absolute Gasteiger partial charge is 0.469 e. The first-order valence-electron chi connectivity index (χ1n) is 4.63. The third-order valence-corrected chi connectivity index (χ3v) is 1.59. The molecular formula is C11H17O2. The number of esters is 1. The first-order chi connectivity index (χ1) is 6.31. The Morgan fingerprint density at radius 2 is 1.92 bits per heavy atom. The molecule has 0 saturated carbocycles. The number of ether oxygens (including phenoxy) is 1. The molecular weight excluding hydrogens is 164 g/mol. The van der Waals surface area contributed by atoms with Crippen LogP contribution in [0.2, 0.25) is 0 Å². The van der Waals surface area contributed by atoms with Crippen LogP contribution in [0.1, 0.15) is 38.5 Å². The zero-order chi connectivity index (χ0) is 9.94.